The first kappa shape index (κ1) is 12.7. The Labute approximate surface area is 88.6 Å². The fraction of sp³-hybridized carbons (Fsp3) is 0.444. The van der Waals surface area contributed by atoms with Crippen LogP contribution in [-0.4, -0.2) is 23.3 Å². The molecule has 0 aromatic carbocycles. The van der Waals surface area contributed by atoms with Crippen LogP contribution in [0.3, 0.4) is 0 Å². The number of aliphatic hydroxyl groups is 1. The maximum Gasteiger partial charge on any atom is 0.128 e. The molecule has 0 aliphatic rings. The first-order chi connectivity index (χ1) is 5.91. The number of aliphatic imine (C=N–C) groups is 1. The lowest BCUT2D eigenvalue weighted by molar-refractivity contribution is 0.123. The molecule has 1 N–H and O–H groups in total. The number of alkyl halides is 1. The maximum absolute atomic E-state index is 9.66. The van der Waals surface area contributed by atoms with E-state index in [0.29, 0.717) is 11.5 Å². The summed E-state index contributed by atoms with van der Waals surface area (Å²) in [5, 5.41) is 9.90. The Morgan fingerprint density at radius 3 is 2.46 bits per heavy atom. The molecule has 0 atom stereocenters. The van der Waals surface area contributed by atoms with E-state index in [-0.39, 0.29) is 5.16 Å². The van der Waals surface area contributed by atoms with E-state index < -0.39 is 5.60 Å². The highest BCUT2D eigenvalue weighted by molar-refractivity contribution is 6.29. The van der Waals surface area contributed by atoms with Gasteiger partial charge in [0.05, 0.1) is 5.60 Å². The number of hydrogen-bond acceptors (Lipinski definition) is 2. The van der Waals surface area contributed by atoms with Crippen molar-refractivity contribution in [2.45, 2.75) is 19.4 Å². The second-order valence-corrected chi connectivity index (χ2v) is 3.69. The van der Waals surface area contributed by atoms with E-state index in [0.717, 1.165) is 0 Å². The minimum Gasteiger partial charge on any atom is -0.386 e. The summed E-state index contributed by atoms with van der Waals surface area (Å²) < 4.78 is 0. The average Bonchev–Trinajstić information content (AvgIpc) is 2.01. The summed E-state index contributed by atoms with van der Waals surface area (Å²) in [6.45, 7) is 6.56. The summed E-state index contributed by atoms with van der Waals surface area (Å²) in [6.07, 6.45) is 3.21. The van der Waals surface area contributed by atoms with Crippen molar-refractivity contribution in [3.8, 4) is 0 Å². The van der Waals surface area contributed by atoms with Gasteiger partial charge >= 0.3 is 0 Å². The molecule has 0 fully saturated rings. The van der Waals surface area contributed by atoms with Crippen LogP contribution in [0.1, 0.15) is 13.8 Å². The second-order valence-electron chi connectivity index (χ2n) is 3.00. The highest BCUT2D eigenvalue weighted by atomic mass is 35.5. The van der Waals surface area contributed by atoms with Gasteiger partial charge in [-0.2, -0.15) is 0 Å². The first-order valence-corrected chi connectivity index (χ1v) is 4.66. The zero-order valence-corrected chi connectivity index (χ0v) is 9.23. The van der Waals surface area contributed by atoms with E-state index in [1.54, 1.807) is 19.9 Å². The van der Waals surface area contributed by atoms with Crippen molar-refractivity contribution in [3.05, 3.63) is 22.9 Å². The number of nitrogens with zero attached hydrogens (tertiary/aromatic N) is 1. The predicted molar refractivity (Wildman–Crippen MR) is 58.6 cm³/mol. The highest BCUT2D eigenvalue weighted by Crippen LogP contribution is 2.20. The van der Waals surface area contributed by atoms with E-state index in [9.17, 15) is 5.11 Å². The molecule has 0 aromatic rings. The molecule has 4 heteroatoms. The van der Waals surface area contributed by atoms with Crippen molar-refractivity contribution in [1.29, 1.82) is 0 Å². The lowest BCUT2D eigenvalue weighted by atomic mass is 9.98. The molecule has 2 nitrogen and oxygen atoms in total. The molecule has 0 amide bonds. The molecule has 0 unspecified atom stereocenters. The molecule has 0 aliphatic carbocycles. The Hall–Kier alpha value is -0.310. The standard InChI is InChI=1S/C9H13Cl2NO/c1-9(2,13)7(4-5-10)6-8(11)12-3/h4,6,13H,3,5H2,1-2H3. The molecule has 0 aromatic heterocycles. The van der Waals surface area contributed by atoms with E-state index in [1.807, 2.05) is 0 Å². The van der Waals surface area contributed by atoms with Gasteiger partial charge in [-0.1, -0.05) is 17.7 Å². The Morgan fingerprint density at radius 2 is 2.15 bits per heavy atom. The van der Waals surface area contributed by atoms with Crippen LogP contribution in [0, 0.1) is 0 Å². The van der Waals surface area contributed by atoms with Crippen molar-refractivity contribution in [1.82, 2.24) is 0 Å². The van der Waals surface area contributed by atoms with Gasteiger partial charge in [0.25, 0.3) is 0 Å². The van der Waals surface area contributed by atoms with Crippen LogP contribution < -0.4 is 0 Å². The molecule has 0 saturated carbocycles. The zero-order chi connectivity index (χ0) is 10.5. The molecule has 0 radical (unpaired) electrons. The van der Waals surface area contributed by atoms with E-state index in [2.05, 4.69) is 11.7 Å². The van der Waals surface area contributed by atoms with Crippen molar-refractivity contribution in [2.75, 3.05) is 5.88 Å². The Morgan fingerprint density at radius 1 is 1.62 bits per heavy atom. The molecule has 13 heavy (non-hydrogen) atoms. The molecule has 0 saturated heterocycles. The Balaban J connectivity index is 4.85. The molecular formula is C9H13Cl2NO. The molecule has 0 rings (SSSR count). The average molecular weight is 222 g/mol. The smallest absolute Gasteiger partial charge is 0.128 e. The first-order valence-electron chi connectivity index (χ1n) is 3.74. The van der Waals surface area contributed by atoms with Gasteiger partial charge < -0.3 is 5.11 Å². The van der Waals surface area contributed by atoms with E-state index >= 15 is 0 Å². The van der Waals surface area contributed by atoms with Crippen LogP contribution in [0.5, 0.6) is 0 Å². The van der Waals surface area contributed by atoms with Gasteiger partial charge in [0.1, 0.15) is 5.16 Å². The van der Waals surface area contributed by atoms with Gasteiger partial charge in [0.2, 0.25) is 0 Å². The van der Waals surface area contributed by atoms with Crippen LogP contribution in [-0.2, 0) is 0 Å². The fourth-order valence-corrected chi connectivity index (χ4v) is 1.03. The number of halogens is 2. The Kier molecular flexibility index (Phi) is 5.30. The lowest BCUT2D eigenvalue weighted by Gasteiger charge is -2.18. The summed E-state index contributed by atoms with van der Waals surface area (Å²) in [4.78, 5) is 3.51. The second kappa shape index (κ2) is 5.43. The summed E-state index contributed by atoms with van der Waals surface area (Å²) in [5.74, 6) is 0.317. The van der Waals surface area contributed by atoms with Crippen LogP contribution in [0.4, 0.5) is 0 Å². The van der Waals surface area contributed by atoms with Crippen molar-refractivity contribution in [2.24, 2.45) is 4.99 Å². The van der Waals surface area contributed by atoms with Crippen LogP contribution >= 0.6 is 23.2 Å². The van der Waals surface area contributed by atoms with Crippen LogP contribution in [0.25, 0.3) is 0 Å². The van der Waals surface area contributed by atoms with Gasteiger partial charge in [-0.3, -0.25) is 4.99 Å². The lowest BCUT2D eigenvalue weighted by Crippen LogP contribution is -2.21. The zero-order valence-electron chi connectivity index (χ0n) is 7.72. The molecule has 0 spiro atoms. The van der Waals surface area contributed by atoms with Crippen molar-refractivity contribution >= 4 is 29.9 Å². The van der Waals surface area contributed by atoms with Crippen LogP contribution in [0.2, 0.25) is 0 Å². The summed E-state index contributed by atoms with van der Waals surface area (Å²) >= 11 is 11.2. The normalized spacial score (nSPS) is 14.5. The third-order valence-electron chi connectivity index (χ3n) is 1.43. The largest absolute Gasteiger partial charge is 0.386 e. The van der Waals surface area contributed by atoms with Crippen molar-refractivity contribution < 1.29 is 5.11 Å². The minimum absolute atomic E-state index is 0.235. The molecule has 74 valence electrons. The van der Waals surface area contributed by atoms with Gasteiger partial charge in [0.15, 0.2) is 0 Å². The summed E-state index contributed by atoms with van der Waals surface area (Å²) in [7, 11) is 0. The SMILES string of the molecule is C=NC(Cl)=CC(=CCCl)C(C)(C)O. The van der Waals surface area contributed by atoms with Gasteiger partial charge in [0, 0.05) is 5.88 Å². The summed E-state index contributed by atoms with van der Waals surface area (Å²) in [6, 6.07) is 0. The van der Waals surface area contributed by atoms with Gasteiger partial charge in [-0.05, 0) is 32.2 Å². The number of hydrogen-bond donors (Lipinski definition) is 1. The van der Waals surface area contributed by atoms with Gasteiger partial charge in [-0.25, -0.2) is 0 Å². The number of allylic oxidation sites excluding steroid dienone is 1. The fourth-order valence-electron chi connectivity index (χ4n) is 0.742. The topological polar surface area (TPSA) is 32.6 Å². The monoisotopic (exact) mass is 221 g/mol. The highest BCUT2D eigenvalue weighted by Gasteiger charge is 2.17. The van der Waals surface area contributed by atoms with E-state index in [1.165, 1.54) is 6.08 Å². The third kappa shape index (κ3) is 5.09. The van der Waals surface area contributed by atoms with Crippen LogP contribution in [0.15, 0.2) is 27.9 Å². The maximum atomic E-state index is 9.66. The minimum atomic E-state index is -0.973. The molecule has 0 heterocycles. The molecule has 0 aliphatic heterocycles. The third-order valence-corrected chi connectivity index (χ3v) is 1.81. The quantitative estimate of drug-likeness (QED) is 0.337. The summed E-state index contributed by atoms with van der Waals surface area (Å²) in [5.41, 5.74) is -0.348. The Bertz CT molecular complexity index is 238. The number of rotatable bonds is 4. The van der Waals surface area contributed by atoms with Crippen molar-refractivity contribution in [3.63, 3.8) is 0 Å². The van der Waals surface area contributed by atoms with Gasteiger partial charge in [-0.15, -0.1) is 11.6 Å². The molecular weight excluding hydrogens is 209 g/mol. The van der Waals surface area contributed by atoms with E-state index in [4.69, 9.17) is 23.2 Å². The predicted octanol–water partition coefficient (Wildman–Crippen LogP) is 2.70. The molecule has 0 bridgehead atoms.